The maximum Gasteiger partial charge on any atom is 0.124 e. The molecule has 0 fully saturated rings. The van der Waals surface area contributed by atoms with Crippen molar-refractivity contribution in [3.63, 3.8) is 0 Å². The second-order valence-electron chi connectivity index (χ2n) is 3.89. The fourth-order valence-electron chi connectivity index (χ4n) is 1.03. The molecule has 0 atom stereocenters. The fraction of sp³-hybridized carbons (Fsp3) is 0.208. The smallest absolute Gasteiger partial charge is 0.124 e. The highest BCUT2D eigenvalue weighted by molar-refractivity contribution is 5.49. The molecule has 0 aromatic carbocycles. The zero-order valence-electron chi connectivity index (χ0n) is 14.4. The third-order valence-electron chi connectivity index (χ3n) is 2.01. The van der Waals surface area contributed by atoms with Crippen LogP contribution in [0.5, 0.6) is 0 Å². The number of rotatable bonds is 7. The van der Waals surface area contributed by atoms with Gasteiger partial charge in [-0.25, -0.2) is 0 Å². The van der Waals surface area contributed by atoms with Gasteiger partial charge in [0.1, 0.15) is 19.0 Å². The van der Waals surface area contributed by atoms with Gasteiger partial charge in [0, 0.05) is 60.4 Å². The van der Waals surface area contributed by atoms with E-state index in [1.807, 2.05) is 0 Å². The molecule has 0 amide bonds. The summed E-state index contributed by atoms with van der Waals surface area (Å²) < 4.78 is 10.2. The van der Waals surface area contributed by atoms with Crippen LogP contribution in [0.4, 0.5) is 0 Å². The molecule has 3 heteroatoms. The molecule has 126 valence electrons. The lowest BCUT2D eigenvalue weighted by atomic mass is 10.3. The molecule has 0 unspecified atom stereocenters. The lowest BCUT2D eigenvalue weighted by molar-refractivity contribution is -0.108. The number of carbonyl (C=O) groups is 1. The number of ether oxygens (including phenoxy) is 2. The van der Waals surface area contributed by atoms with E-state index in [-0.39, 0.29) is 0 Å². The predicted molar refractivity (Wildman–Crippen MR) is 103 cm³/mol. The van der Waals surface area contributed by atoms with Gasteiger partial charge in [0.05, 0.1) is 6.61 Å². The van der Waals surface area contributed by atoms with E-state index in [0.29, 0.717) is 32.7 Å². The van der Waals surface area contributed by atoms with Crippen LogP contribution in [0, 0.1) is 107 Å². The summed E-state index contributed by atoms with van der Waals surface area (Å²) in [4.78, 5) is 10.1. The van der Waals surface area contributed by atoms with Gasteiger partial charge in [-0.2, -0.15) is 0 Å². The Labute approximate surface area is 161 Å². The van der Waals surface area contributed by atoms with Gasteiger partial charge >= 0.3 is 0 Å². The molecule has 0 aliphatic carbocycles. The third-order valence-corrected chi connectivity index (χ3v) is 2.01. The highest BCUT2D eigenvalue weighted by Crippen LogP contribution is 1.86. The SMILES string of the molecule is C#CC#CC#CC#CC#CC#CC#CC#CC#COCCOCCCC=O. The minimum Gasteiger partial charge on any atom is -0.443 e. The van der Waals surface area contributed by atoms with Gasteiger partial charge in [-0.15, -0.1) is 6.42 Å². The molecule has 0 spiro atoms. The van der Waals surface area contributed by atoms with E-state index in [9.17, 15) is 4.79 Å². The van der Waals surface area contributed by atoms with Crippen LogP contribution in [0.3, 0.4) is 0 Å². The summed E-state index contributed by atoms with van der Waals surface area (Å²) in [5, 5.41) is 0. The normalized spacial score (nSPS) is 5.89. The fourth-order valence-corrected chi connectivity index (χ4v) is 1.03. The van der Waals surface area contributed by atoms with Crippen molar-refractivity contribution in [2.45, 2.75) is 12.8 Å². The largest absolute Gasteiger partial charge is 0.443 e. The molecule has 0 heterocycles. The minimum absolute atomic E-state index is 0.332. The summed E-state index contributed by atoms with van der Waals surface area (Å²) >= 11 is 0. The highest BCUT2D eigenvalue weighted by Gasteiger charge is 1.88. The summed E-state index contributed by atoms with van der Waals surface area (Å²) in [6, 6.07) is 0. The van der Waals surface area contributed by atoms with Gasteiger partial charge in [-0.05, 0) is 53.8 Å². The molecule has 3 nitrogen and oxygen atoms in total. The Balaban J connectivity index is 3.98. The van der Waals surface area contributed by atoms with Crippen molar-refractivity contribution >= 4 is 6.29 Å². The van der Waals surface area contributed by atoms with Crippen LogP contribution in [0.1, 0.15) is 12.8 Å². The minimum atomic E-state index is 0.332. The predicted octanol–water partition coefficient (Wildman–Crippen LogP) is 0.617. The molecule has 0 radical (unpaired) electrons. The van der Waals surface area contributed by atoms with Crippen molar-refractivity contribution in [2.75, 3.05) is 19.8 Å². The van der Waals surface area contributed by atoms with Gasteiger partial charge < -0.3 is 14.3 Å². The van der Waals surface area contributed by atoms with E-state index in [2.05, 4.69) is 101 Å². The molecule has 0 aliphatic heterocycles. The van der Waals surface area contributed by atoms with E-state index in [1.54, 1.807) is 0 Å². The molecule has 0 aromatic rings. The summed E-state index contributed by atoms with van der Waals surface area (Å²) in [6.45, 7) is 1.27. The van der Waals surface area contributed by atoms with Gasteiger partial charge in [-0.3, -0.25) is 0 Å². The summed E-state index contributed by atoms with van der Waals surface area (Å²) in [5.74, 6) is 39.1. The van der Waals surface area contributed by atoms with E-state index in [0.717, 1.165) is 6.29 Å². The molecule has 27 heavy (non-hydrogen) atoms. The van der Waals surface area contributed by atoms with E-state index in [1.165, 1.54) is 0 Å². The first-order valence-electron chi connectivity index (χ1n) is 7.50. The van der Waals surface area contributed by atoms with Crippen LogP contribution < -0.4 is 0 Å². The van der Waals surface area contributed by atoms with Crippen molar-refractivity contribution < 1.29 is 14.3 Å². The Hall–Kier alpha value is -4.53. The van der Waals surface area contributed by atoms with Crippen molar-refractivity contribution in [2.24, 2.45) is 0 Å². The second kappa shape index (κ2) is 21.5. The van der Waals surface area contributed by atoms with Crippen LogP contribution in [0.15, 0.2) is 0 Å². The first kappa shape index (κ1) is 22.5. The van der Waals surface area contributed by atoms with Crippen molar-refractivity contribution in [1.29, 1.82) is 0 Å². The Kier molecular flexibility index (Phi) is 17.9. The molecule has 0 saturated carbocycles. The van der Waals surface area contributed by atoms with Gasteiger partial charge in [-0.1, -0.05) is 0 Å². The third kappa shape index (κ3) is 21.5. The first-order chi connectivity index (χ1) is 13.4. The topological polar surface area (TPSA) is 35.5 Å². The van der Waals surface area contributed by atoms with E-state index in [4.69, 9.17) is 15.9 Å². The monoisotopic (exact) mass is 348 g/mol. The number of hydrogen-bond donors (Lipinski definition) is 0. The van der Waals surface area contributed by atoms with Crippen LogP contribution in [-0.2, 0) is 14.3 Å². The number of aldehydes is 1. The van der Waals surface area contributed by atoms with E-state index >= 15 is 0 Å². The molecule has 0 bridgehead atoms. The highest BCUT2D eigenvalue weighted by atomic mass is 16.5. The zero-order valence-corrected chi connectivity index (χ0v) is 14.4. The number of unbranched alkanes of at least 4 members (excludes halogenated alkanes) is 1. The van der Waals surface area contributed by atoms with Crippen molar-refractivity contribution in [1.82, 2.24) is 0 Å². The Morgan fingerprint density at radius 2 is 1.11 bits per heavy atom. The van der Waals surface area contributed by atoms with Crippen LogP contribution >= 0.6 is 0 Å². The maximum absolute atomic E-state index is 10.1. The summed E-state index contributed by atoms with van der Waals surface area (Å²) in [5.41, 5.74) is 0. The van der Waals surface area contributed by atoms with Crippen molar-refractivity contribution in [3.05, 3.63) is 0 Å². The standard InChI is InChI=1S/C24H12O3/c1-2-3-4-5-6-7-8-9-10-11-12-13-14-15-16-18-21-26-23-24-27-22-19-17-20-25/h1,20H,17,19,22-24H2. The Bertz CT molecular complexity index is 1020. The Morgan fingerprint density at radius 3 is 1.59 bits per heavy atom. The Morgan fingerprint density at radius 1 is 0.630 bits per heavy atom. The molecule has 0 N–H and O–H groups in total. The van der Waals surface area contributed by atoms with Gasteiger partial charge in [0.15, 0.2) is 0 Å². The molecule has 0 aromatic heterocycles. The van der Waals surface area contributed by atoms with E-state index < -0.39 is 0 Å². The molecular formula is C24H12O3. The summed E-state index contributed by atoms with van der Waals surface area (Å²) in [7, 11) is 0. The van der Waals surface area contributed by atoms with Crippen LogP contribution in [0.2, 0.25) is 0 Å². The number of carbonyl (C=O) groups excluding carboxylic acids is 1. The number of terminal acetylenes is 1. The quantitative estimate of drug-likeness (QED) is 0.384. The lowest BCUT2D eigenvalue weighted by Gasteiger charge is -2.00. The summed E-state index contributed by atoms with van der Waals surface area (Å²) in [6.07, 6.45) is 9.39. The first-order valence-corrected chi connectivity index (χ1v) is 7.50. The van der Waals surface area contributed by atoms with Crippen molar-refractivity contribution in [3.8, 4) is 107 Å². The molecule has 0 aliphatic rings. The average Bonchev–Trinajstić information content (AvgIpc) is 2.68. The van der Waals surface area contributed by atoms with Crippen LogP contribution in [-0.4, -0.2) is 26.1 Å². The molecular weight excluding hydrogens is 336 g/mol. The second-order valence-corrected chi connectivity index (χ2v) is 3.89. The molecule has 0 rings (SSSR count). The van der Waals surface area contributed by atoms with Crippen LogP contribution in [0.25, 0.3) is 0 Å². The molecule has 0 saturated heterocycles. The number of hydrogen-bond acceptors (Lipinski definition) is 3. The lowest BCUT2D eigenvalue weighted by Crippen LogP contribution is -2.02. The van der Waals surface area contributed by atoms with Gasteiger partial charge in [0.25, 0.3) is 0 Å². The zero-order chi connectivity index (χ0) is 19.7. The van der Waals surface area contributed by atoms with Gasteiger partial charge in [0.2, 0.25) is 0 Å². The average molecular weight is 348 g/mol. The maximum atomic E-state index is 10.1.